The van der Waals surface area contributed by atoms with Gasteiger partial charge in [-0.2, -0.15) is 0 Å². The number of ether oxygens (including phenoxy) is 1. The summed E-state index contributed by atoms with van der Waals surface area (Å²) in [6.45, 7) is 1.13. The van der Waals surface area contributed by atoms with E-state index in [4.69, 9.17) is 9.15 Å². The van der Waals surface area contributed by atoms with Gasteiger partial charge >= 0.3 is 0 Å². The number of aromatic nitrogens is 2. The Labute approximate surface area is 168 Å². The van der Waals surface area contributed by atoms with Gasteiger partial charge < -0.3 is 9.15 Å². The minimum atomic E-state index is 0.424. The highest BCUT2D eigenvalue weighted by molar-refractivity contribution is 5.95. The molecule has 2 heterocycles. The molecule has 142 valence electrons. The monoisotopic (exact) mass is 382 g/mol. The number of nitrogens with zero attached hydrogens (tertiary/aromatic N) is 4. The van der Waals surface area contributed by atoms with Gasteiger partial charge in [0.2, 0.25) is 17.7 Å². The summed E-state index contributed by atoms with van der Waals surface area (Å²) in [6.07, 6.45) is 0. The Balaban J connectivity index is 1.37. The van der Waals surface area contributed by atoms with Crippen LogP contribution in [-0.2, 0) is 11.3 Å². The largest absolute Gasteiger partial charge is 0.453 e. The second-order valence-electron chi connectivity index (χ2n) is 6.69. The van der Waals surface area contributed by atoms with Crippen LogP contribution in [0.4, 0.5) is 0 Å². The molecule has 4 aromatic rings. The van der Waals surface area contributed by atoms with E-state index >= 15 is 0 Å². The Hall–Kier alpha value is -3.93. The van der Waals surface area contributed by atoms with Crippen molar-refractivity contribution in [3.8, 4) is 22.9 Å². The smallest absolute Gasteiger partial charge is 0.248 e. The lowest BCUT2D eigenvalue weighted by molar-refractivity contribution is 0.162. The van der Waals surface area contributed by atoms with Gasteiger partial charge in [-0.1, -0.05) is 54.6 Å². The Morgan fingerprint density at radius 3 is 2.17 bits per heavy atom. The molecule has 0 aliphatic carbocycles. The lowest BCUT2D eigenvalue weighted by Crippen LogP contribution is -2.13. The first-order chi connectivity index (χ1) is 14.3. The maximum absolute atomic E-state index is 5.86. The third-order valence-electron chi connectivity index (χ3n) is 4.59. The summed E-state index contributed by atoms with van der Waals surface area (Å²) in [6, 6.07) is 27.7. The molecule has 0 bridgehead atoms. The van der Waals surface area contributed by atoms with Crippen molar-refractivity contribution in [2.75, 3.05) is 6.73 Å². The molecule has 0 saturated carbocycles. The Morgan fingerprint density at radius 1 is 0.724 bits per heavy atom. The van der Waals surface area contributed by atoms with Crippen LogP contribution in [0.25, 0.3) is 22.9 Å². The zero-order valence-electron chi connectivity index (χ0n) is 15.6. The number of rotatable bonds is 5. The van der Waals surface area contributed by atoms with E-state index in [9.17, 15) is 0 Å². The molecule has 0 radical (unpaired) electrons. The van der Waals surface area contributed by atoms with Crippen LogP contribution < -0.4 is 0 Å². The van der Waals surface area contributed by atoms with E-state index in [1.54, 1.807) is 0 Å². The van der Waals surface area contributed by atoms with Gasteiger partial charge in [0.15, 0.2) is 6.73 Å². The van der Waals surface area contributed by atoms with Crippen LogP contribution >= 0.6 is 0 Å². The van der Waals surface area contributed by atoms with E-state index in [0.29, 0.717) is 31.0 Å². The first-order valence-electron chi connectivity index (χ1n) is 9.35. The fraction of sp³-hybridized carbons (Fsp3) is 0.0870. The van der Waals surface area contributed by atoms with Crippen molar-refractivity contribution in [2.24, 2.45) is 5.10 Å². The molecule has 1 aliphatic rings. The highest BCUT2D eigenvalue weighted by Crippen LogP contribution is 2.25. The van der Waals surface area contributed by atoms with Crippen molar-refractivity contribution in [3.63, 3.8) is 0 Å². The molecule has 3 aromatic carbocycles. The quantitative estimate of drug-likeness (QED) is 0.506. The zero-order chi connectivity index (χ0) is 19.5. The Bertz CT molecular complexity index is 1140. The van der Waals surface area contributed by atoms with Crippen LogP contribution in [-0.4, -0.2) is 27.8 Å². The normalized spacial score (nSPS) is 13.2. The average Bonchev–Trinajstić information content (AvgIpc) is 3.46. The predicted octanol–water partition coefficient (Wildman–Crippen LogP) is 4.56. The number of benzene rings is 3. The van der Waals surface area contributed by atoms with Gasteiger partial charge in [-0.15, -0.1) is 15.3 Å². The first kappa shape index (κ1) is 17.2. The van der Waals surface area contributed by atoms with Crippen LogP contribution in [0.5, 0.6) is 0 Å². The molecule has 5 rings (SSSR count). The maximum atomic E-state index is 5.86. The van der Waals surface area contributed by atoms with E-state index in [1.165, 1.54) is 5.56 Å². The molecule has 0 amide bonds. The molecule has 0 spiro atoms. The summed E-state index contributed by atoms with van der Waals surface area (Å²) in [5, 5.41) is 14.9. The van der Waals surface area contributed by atoms with Gasteiger partial charge in [0.25, 0.3) is 0 Å². The van der Waals surface area contributed by atoms with Crippen molar-refractivity contribution in [1.82, 2.24) is 15.2 Å². The SMILES string of the molecule is c1ccc(CN2COC(c3cccc(-c4nnc(-c5ccccc5)o4)c3)=N2)cc1. The fourth-order valence-electron chi connectivity index (χ4n) is 3.16. The lowest BCUT2D eigenvalue weighted by atomic mass is 10.1. The van der Waals surface area contributed by atoms with Gasteiger partial charge in [-0.05, 0) is 35.9 Å². The molecule has 0 unspecified atom stereocenters. The summed E-state index contributed by atoms with van der Waals surface area (Å²) in [5.41, 5.74) is 3.78. The Morgan fingerprint density at radius 2 is 1.38 bits per heavy atom. The molecule has 6 heteroatoms. The molecule has 0 atom stereocenters. The zero-order valence-corrected chi connectivity index (χ0v) is 15.6. The molecule has 1 aromatic heterocycles. The topological polar surface area (TPSA) is 63.8 Å². The molecule has 0 saturated heterocycles. The third kappa shape index (κ3) is 3.73. The van der Waals surface area contributed by atoms with Gasteiger partial charge in [0.05, 0.1) is 6.54 Å². The summed E-state index contributed by atoms with van der Waals surface area (Å²) in [4.78, 5) is 0. The van der Waals surface area contributed by atoms with Crippen LogP contribution in [0.1, 0.15) is 11.1 Å². The Kier molecular flexibility index (Phi) is 4.50. The molecule has 29 heavy (non-hydrogen) atoms. The summed E-state index contributed by atoms with van der Waals surface area (Å²) >= 11 is 0. The molecule has 6 nitrogen and oxygen atoms in total. The van der Waals surface area contributed by atoms with Crippen molar-refractivity contribution in [3.05, 3.63) is 96.1 Å². The number of hydrogen-bond donors (Lipinski definition) is 0. The third-order valence-corrected chi connectivity index (χ3v) is 4.59. The van der Waals surface area contributed by atoms with Gasteiger partial charge in [-0.25, -0.2) is 0 Å². The first-order valence-corrected chi connectivity index (χ1v) is 9.35. The molecular weight excluding hydrogens is 364 g/mol. The summed E-state index contributed by atoms with van der Waals surface area (Å²) in [7, 11) is 0. The average molecular weight is 382 g/mol. The van der Waals surface area contributed by atoms with Crippen LogP contribution in [0.2, 0.25) is 0 Å². The highest BCUT2D eigenvalue weighted by atomic mass is 16.5. The van der Waals surface area contributed by atoms with Crippen LogP contribution in [0.15, 0.2) is 94.4 Å². The minimum absolute atomic E-state index is 0.424. The van der Waals surface area contributed by atoms with E-state index < -0.39 is 0 Å². The van der Waals surface area contributed by atoms with E-state index in [-0.39, 0.29) is 0 Å². The summed E-state index contributed by atoms with van der Waals surface area (Å²) in [5.74, 6) is 1.55. The van der Waals surface area contributed by atoms with E-state index in [0.717, 1.165) is 16.7 Å². The number of hydrazone groups is 1. The molecular formula is C23H18N4O2. The number of hydrogen-bond acceptors (Lipinski definition) is 6. The molecule has 0 fully saturated rings. The van der Waals surface area contributed by atoms with Crippen molar-refractivity contribution in [2.45, 2.75) is 6.54 Å². The fourth-order valence-corrected chi connectivity index (χ4v) is 3.16. The van der Waals surface area contributed by atoms with Gasteiger partial charge in [0, 0.05) is 16.7 Å². The highest BCUT2D eigenvalue weighted by Gasteiger charge is 2.19. The summed E-state index contributed by atoms with van der Waals surface area (Å²) < 4.78 is 11.7. The van der Waals surface area contributed by atoms with Crippen molar-refractivity contribution in [1.29, 1.82) is 0 Å². The minimum Gasteiger partial charge on any atom is -0.453 e. The van der Waals surface area contributed by atoms with Crippen molar-refractivity contribution < 1.29 is 9.15 Å². The predicted molar refractivity (Wildman–Crippen MR) is 110 cm³/mol. The van der Waals surface area contributed by atoms with Gasteiger partial charge in [0.1, 0.15) is 0 Å². The van der Waals surface area contributed by atoms with Gasteiger partial charge in [-0.3, -0.25) is 5.01 Å². The van der Waals surface area contributed by atoms with Crippen LogP contribution in [0.3, 0.4) is 0 Å². The second-order valence-corrected chi connectivity index (χ2v) is 6.69. The van der Waals surface area contributed by atoms with E-state index in [2.05, 4.69) is 27.4 Å². The molecule has 1 aliphatic heterocycles. The molecule has 0 N–H and O–H groups in total. The standard InChI is InChI=1S/C23H18N4O2/c1-3-8-17(9-4-1)15-27-16-28-23(26-27)20-13-7-12-19(14-20)22-25-24-21(29-22)18-10-5-2-6-11-18/h1-14H,15-16H2. The lowest BCUT2D eigenvalue weighted by Gasteiger charge is -2.10. The van der Waals surface area contributed by atoms with Crippen LogP contribution in [0, 0.1) is 0 Å². The van der Waals surface area contributed by atoms with E-state index in [1.807, 2.05) is 77.8 Å². The maximum Gasteiger partial charge on any atom is 0.248 e. The van der Waals surface area contributed by atoms with Crippen molar-refractivity contribution >= 4 is 5.90 Å². The second kappa shape index (κ2) is 7.59.